The number of ether oxygens (including phenoxy) is 2. The van der Waals surface area contributed by atoms with Crippen molar-refractivity contribution in [1.29, 1.82) is 0 Å². The number of esters is 2. The molecule has 0 radical (unpaired) electrons. The van der Waals surface area contributed by atoms with E-state index in [2.05, 4.69) is 45.0 Å². The van der Waals surface area contributed by atoms with Gasteiger partial charge in [0.2, 0.25) is 0 Å². The van der Waals surface area contributed by atoms with Gasteiger partial charge in [0.15, 0.2) is 0 Å². The molecule has 0 amide bonds. The summed E-state index contributed by atoms with van der Waals surface area (Å²) in [5.41, 5.74) is 5.88. The fraction of sp³-hybridized carbons (Fsp3) is 0.576. The zero-order valence-electron chi connectivity index (χ0n) is 22.8. The quantitative estimate of drug-likeness (QED) is 0.227. The minimum Gasteiger partial charge on any atom is -0.461 e. The van der Waals surface area contributed by atoms with Crippen molar-refractivity contribution in [2.45, 2.75) is 97.5 Å². The van der Waals surface area contributed by atoms with Crippen LogP contribution < -0.4 is 4.74 Å². The van der Waals surface area contributed by atoms with Crippen LogP contribution in [0.4, 0.5) is 0 Å². The maximum Gasteiger partial charge on any atom is 0.314 e. The summed E-state index contributed by atoms with van der Waals surface area (Å²) in [6.45, 7) is 7.04. The number of fused-ring (bicyclic) bond motifs is 3. The van der Waals surface area contributed by atoms with Gasteiger partial charge in [-0.1, -0.05) is 64.3 Å². The van der Waals surface area contributed by atoms with Gasteiger partial charge >= 0.3 is 11.9 Å². The average molecular weight is 503 g/mol. The van der Waals surface area contributed by atoms with Crippen molar-refractivity contribution < 1.29 is 19.1 Å². The van der Waals surface area contributed by atoms with E-state index in [-0.39, 0.29) is 29.7 Å². The summed E-state index contributed by atoms with van der Waals surface area (Å²) in [7, 11) is 0. The van der Waals surface area contributed by atoms with Crippen LogP contribution in [0.15, 0.2) is 36.4 Å². The van der Waals surface area contributed by atoms with Gasteiger partial charge in [0.05, 0.1) is 11.8 Å². The lowest BCUT2D eigenvalue weighted by Crippen LogP contribution is -2.25. The molecule has 0 saturated heterocycles. The van der Waals surface area contributed by atoms with E-state index in [1.54, 1.807) is 0 Å². The van der Waals surface area contributed by atoms with E-state index in [9.17, 15) is 9.59 Å². The molecule has 3 aliphatic carbocycles. The highest BCUT2D eigenvalue weighted by Crippen LogP contribution is 2.46. The molecular formula is C33H42O4. The molecule has 0 aromatic heterocycles. The number of benzene rings is 2. The van der Waals surface area contributed by atoms with E-state index in [4.69, 9.17) is 9.47 Å². The molecule has 198 valence electrons. The van der Waals surface area contributed by atoms with Gasteiger partial charge < -0.3 is 9.47 Å². The molecule has 4 heteroatoms. The molecule has 2 saturated carbocycles. The Hall–Kier alpha value is -2.62. The predicted octanol–water partition coefficient (Wildman–Crippen LogP) is 8.20. The molecule has 2 aromatic rings. The number of hydrogen-bond acceptors (Lipinski definition) is 4. The molecule has 37 heavy (non-hydrogen) atoms. The molecule has 0 aliphatic heterocycles. The van der Waals surface area contributed by atoms with Crippen molar-refractivity contribution in [3.63, 3.8) is 0 Å². The lowest BCUT2D eigenvalue weighted by Gasteiger charge is -2.24. The summed E-state index contributed by atoms with van der Waals surface area (Å²) in [4.78, 5) is 25.5. The van der Waals surface area contributed by atoms with Crippen LogP contribution in [0.2, 0.25) is 0 Å². The second-order valence-corrected chi connectivity index (χ2v) is 11.9. The SMILES string of the molecule is CCC1CCCC(C(=O)OCc2ccc3c(c2)C(C)c2cc(OC(=O)C4CCC(C)CC4)ccc2-3)CC1. The van der Waals surface area contributed by atoms with Crippen LogP contribution in [0, 0.1) is 23.7 Å². The van der Waals surface area contributed by atoms with E-state index < -0.39 is 0 Å². The second kappa shape index (κ2) is 11.4. The molecular weight excluding hydrogens is 460 g/mol. The predicted molar refractivity (Wildman–Crippen MR) is 146 cm³/mol. The minimum absolute atomic E-state index is 0.0235. The molecule has 0 heterocycles. The summed E-state index contributed by atoms with van der Waals surface area (Å²) < 4.78 is 11.6. The summed E-state index contributed by atoms with van der Waals surface area (Å²) in [5.74, 6) is 2.26. The lowest BCUT2D eigenvalue weighted by molar-refractivity contribution is -0.150. The lowest BCUT2D eigenvalue weighted by atomic mass is 9.83. The first-order valence-electron chi connectivity index (χ1n) is 14.6. The average Bonchev–Trinajstić information content (AvgIpc) is 3.05. The van der Waals surface area contributed by atoms with Crippen molar-refractivity contribution in [3.8, 4) is 16.9 Å². The molecule has 2 aromatic carbocycles. The molecule has 0 bridgehead atoms. The van der Waals surface area contributed by atoms with Crippen molar-refractivity contribution >= 4 is 11.9 Å². The Kier molecular flexibility index (Phi) is 8.02. The maximum absolute atomic E-state index is 12.8. The smallest absolute Gasteiger partial charge is 0.314 e. The van der Waals surface area contributed by atoms with Gasteiger partial charge in [-0.3, -0.25) is 9.59 Å². The summed E-state index contributed by atoms with van der Waals surface area (Å²) >= 11 is 0. The van der Waals surface area contributed by atoms with Crippen LogP contribution in [0.5, 0.6) is 5.75 Å². The molecule has 2 fully saturated rings. The van der Waals surface area contributed by atoms with Crippen molar-refractivity contribution in [2.24, 2.45) is 23.7 Å². The number of carbonyl (C=O) groups excluding carboxylic acids is 2. The fourth-order valence-electron chi connectivity index (χ4n) is 6.67. The third-order valence-corrected chi connectivity index (χ3v) is 9.31. The highest BCUT2D eigenvalue weighted by atomic mass is 16.5. The summed E-state index contributed by atoms with van der Waals surface area (Å²) in [5, 5.41) is 0. The van der Waals surface area contributed by atoms with Crippen molar-refractivity contribution in [1.82, 2.24) is 0 Å². The van der Waals surface area contributed by atoms with Gasteiger partial charge in [0.1, 0.15) is 12.4 Å². The normalized spacial score (nSPS) is 27.1. The zero-order valence-corrected chi connectivity index (χ0v) is 22.8. The first-order chi connectivity index (χ1) is 17.9. The summed E-state index contributed by atoms with van der Waals surface area (Å²) in [6, 6.07) is 12.5. The van der Waals surface area contributed by atoms with Crippen LogP contribution in [0.3, 0.4) is 0 Å². The van der Waals surface area contributed by atoms with Crippen LogP contribution in [-0.4, -0.2) is 11.9 Å². The van der Waals surface area contributed by atoms with Crippen LogP contribution in [-0.2, 0) is 20.9 Å². The monoisotopic (exact) mass is 502 g/mol. The van der Waals surface area contributed by atoms with Gasteiger partial charge in [-0.25, -0.2) is 0 Å². The number of carbonyl (C=O) groups is 2. The van der Waals surface area contributed by atoms with E-state index in [0.717, 1.165) is 62.8 Å². The molecule has 3 aliphatic rings. The van der Waals surface area contributed by atoms with Crippen LogP contribution in [0.25, 0.3) is 11.1 Å². The largest absolute Gasteiger partial charge is 0.461 e. The fourth-order valence-corrected chi connectivity index (χ4v) is 6.67. The highest BCUT2D eigenvalue weighted by molar-refractivity contribution is 5.81. The Bertz CT molecular complexity index is 1130. The third-order valence-electron chi connectivity index (χ3n) is 9.31. The molecule has 0 N–H and O–H groups in total. The Morgan fingerprint density at radius 3 is 2.22 bits per heavy atom. The van der Waals surface area contributed by atoms with Gasteiger partial charge in [0, 0.05) is 5.92 Å². The van der Waals surface area contributed by atoms with E-state index in [1.165, 1.54) is 35.1 Å². The highest BCUT2D eigenvalue weighted by Gasteiger charge is 2.29. The molecule has 4 nitrogen and oxygen atoms in total. The van der Waals surface area contributed by atoms with Gasteiger partial charge in [-0.05, 0) is 96.7 Å². The van der Waals surface area contributed by atoms with E-state index in [1.807, 2.05) is 12.1 Å². The Morgan fingerprint density at radius 1 is 0.784 bits per heavy atom. The third kappa shape index (κ3) is 5.78. The molecule has 5 rings (SSSR count). The Labute approximate surface area is 222 Å². The zero-order chi connectivity index (χ0) is 25.9. The Balaban J connectivity index is 1.21. The number of rotatable bonds is 6. The van der Waals surface area contributed by atoms with Gasteiger partial charge in [0.25, 0.3) is 0 Å². The molecule has 0 spiro atoms. The van der Waals surface area contributed by atoms with Crippen molar-refractivity contribution in [3.05, 3.63) is 53.1 Å². The second-order valence-electron chi connectivity index (χ2n) is 11.9. The van der Waals surface area contributed by atoms with Crippen molar-refractivity contribution in [2.75, 3.05) is 0 Å². The topological polar surface area (TPSA) is 52.6 Å². The minimum atomic E-state index is -0.0852. The van der Waals surface area contributed by atoms with Gasteiger partial charge in [-0.15, -0.1) is 0 Å². The summed E-state index contributed by atoms with van der Waals surface area (Å²) in [6.07, 6.45) is 10.7. The number of hydrogen-bond donors (Lipinski definition) is 0. The first kappa shape index (κ1) is 26.0. The standard InChI is InChI=1S/C33H42O4/c1-4-23-6-5-7-25(14-10-23)32(34)36-20-24-11-16-28-29-17-15-27(19-31(29)22(3)30(28)18-24)37-33(35)26-12-8-21(2)9-13-26/h11,15-19,21-23,25-26H,4-10,12-14,20H2,1-3H3. The van der Waals surface area contributed by atoms with Crippen LogP contribution in [0.1, 0.15) is 108 Å². The van der Waals surface area contributed by atoms with E-state index in [0.29, 0.717) is 18.3 Å². The van der Waals surface area contributed by atoms with E-state index >= 15 is 0 Å². The Morgan fingerprint density at radius 2 is 1.46 bits per heavy atom. The van der Waals surface area contributed by atoms with Gasteiger partial charge in [-0.2, -0.15) is 0 Å². The van der Waals surface area contributed by atoms with Crippen LogP contribution >= 0.6 is 0 Å². The molecule has 3 unspecified atom stereocenters. The first-order valence-corrected chi connectivity index (χ1v) is 14.6. The maximum atomic E-state index is 12.8. The molecule has 3 atom stereocenters.